The van der Waals surface area contributed by atoms with Crippen LogP contribution in [0.1, 0.15) is 65.2 Å². The summed E-state index contributed by atoms with van der Waals surface area (Å²) in [5, 5.41) is 5.81. The minimum absolute atomic E-state index is 0.0135. The zero-order valence-electron chi connectivity index (χ0n) is 15.1. The molecule has 0 aromatic rings. The van der Waals surface area contributed by atoms with E-state index in [1.165, 1.54) is 0 Å². The van der Waals surface area contributed by atoms with Gasteiger partial charge in [0.05, 0.1) is 6.61 Å². The summed E-state index contributed by atoms with van der Waals surface area (Å²) in [5.41, 5.74) is 0. The van der Waals surface area contributed by atoms with E-state index in [9.17, 15) is 14.4 Å². The maximum atomic E-state index is 11.9. The van der Waals surface area contributed by atoms with Gasteiger partial charge in [-0.1, -0.05) is 13.8 Å². The Morgan fingerprint density at radius 1 is 0.958 bits per heavy atom. The molecule has 138 valence electrons. The Kier molecular flexibility index (Phi) is 10.3. The molecule has 0 saturated heterocycles. The van der Waals surface area contributed by atoms with Gasteiger partial charge in [-0.2, -0.15) is 0 Å². The van der Waals surface area contributed by atoms with Gasteiger partial charge in [0.1, 0.15) is 5.78 Å². The van der Waals surface area contributed by atoms with Crippen LogP contribution in [0.3, 0.4) is 0 Å². The molecule has 0 atom stereocenters. The lowest BCUT2D eigenvalue weighted by Gasteiger charge is -2.28. The van der Waals surface area contributed by atoms with Crippen molar-refractivity contribution in [3.05, 3.63) is 0 Å². The molecule has 0 aromatic carbocycles. The van der Waals surface area contributed by atoms with Crippen LogP contribution >= 0.6 is 0 Å². The maximum Gasteiger partial charge on any atom is 0.222 e. The third-order valence-electron chi connectivity index (χ3n) is 4.48. The van der Waals surface area contributed by atoms with Gasteiger partial charge < -0.3 is 15.4 Å². The Hall–Kier alpha value is -1.43. The second-order valence-electron chi connectivity index (χ2n) is 6.36. The highest BCUT2D eigenvalue weighted by molar-refractivity contribution is 5.81. The van der Waals surface area contributed by atoms with Crippen LogP contribution in [0.25, 0.3) is 0 Å². The fourth-order valence-electron chi connectivity index (χ4n) is 2.94. The van der Waals surface area contributed by atoms with Crippen molar-refractivity contribution < 1.29 is 19.1 Å². The van der Waals surface area contributed by atoms with E-state index in [2.05, 4.69) is 10.6 Å². The van der Waals surface area contributed by atoms with E-state index in [0.29, 0.717) is 44.8 Å². The molecular formula is C18H32N2O4. The Morgan fingerprint density at radius 3 is 2.29 bits per heavy atom. The van der Waals surface area contributed by atoms with Gasteiger partial charge in [-0.3, -0.25) is 14.4 Å². The van der Waals surface area contributed by atoms with E-state index in [1.54, 1.807) is 0 Å². The lowest BCUT2D eigenvalue weighted by molar-refractivity contribution is -0.124. The first kappa shape index (κ1) is 20.6. The number of rotatable bonds is 11. The fourth-order valence-corrected chi connectivity index (χ4v) is 2.94. The number of carbonyl (C=O) groups is 3. The highest BCUT2D eigenvalue weighted by Crippen LogP contribution is 2.25. The predicted octanol–water partition coefficient (Wildman–Crippen LogP) is 1.96. The van der Waals surface area contributed by atoms with E-state index in [0.717, 1.165) is 32.1 Å². The molecule has 6 nitrogen and oxygen atoms in total. The van der Waals surface area contributed by atoms with Crippen molar-refractivity contribution in [3.63, 3.8) is 0 Å². The van der Waals surface area contributed by atoms with Crippen molar-refractivity contribution in [1.82, 2.24) is 10.6 Å². The van der Waals surface area contributed by atoms with Gasteiger partial charge in [0.25, 0.3) is 0 Å². The standard InChI is InChI=1S/C18H32N2O4/c1-3-16(21)14-6-8-15(9-7-14)20-18(23)10-13-24-12-5-11-19-17(22)4-2/h14-15H,3-13H2,1-2H3,(H,19,22)(H,20,23)/t14-,15+. The smallest absolute Gasteiger partial charge is 0.222 e. The van der Waals surface area contributed by atoms with Gasteiger partial charge in [0.2, 0.25) is 11.8 Å². The molecule has 0 heterocycles. The molecule has 1 rings (SSSR count). The lowest BCUT2D eigenvalue weighted by atomic mass is 9.83. The Morgan fingerprint density at radius 2 is 1.67 bits per heavy atom. The van der Waals surface area contributed by atoms with E-state index in [-0.39, 0.29) is 23.8 Å². The summed E-state index contributed by atoms with van der Waals surface area (Å²) in [6.07, 6.45) is 5.77. The van der Waals surface area contributed by atoms with Crippen LogP contribution in [0.4, 0.5) is 0 Å². The van der Waals surface area contributed by atoms with Gasteiger partial charge in [-0.15, -0.1) is 0 Å². The summed E-state index contributed by atoms with van der Waals surface area (Å²) < 4.78 is 5.42. The normalized spacial score (nSPS) is 20.4. The van der Waals surface area contributed by atoms with E-state index in [1.807, 2.05) is 13.8 Å². The second-order valence-corrected chi connectivity index (χ2v) is 6.36. The molecule has 0 bridgehead atoms. The third kappa shape index (κ3) is 8.43. The molecule has 6 heteroatoms. The molecule has 0 aromatic heterocycles. The Balaban J connectivity index is 2.01. The summed E-state index contributed by atoms with van der Waals surface area (Å²) in [5.74, 6) is 0.604. The average molecular weight is 340 g/mol. The number of ketones is 1. The molecule has 0 radical (unpaired) electrons. The number of carbonyl (C=O) groups excluding carboxylic acids is 3. The molecule has 0 unspecified atom stereocenters. The Bertz CT molecular complexity index is 404. The Labute approximate surface area is 145 Å². The maximum absolute atomic E-state index is 11.9. The molecule has 2 amide bonds. The highest BCUT2D eigenvalue weighted by Gasteiger charge is 2.25. The van der Waals surface area contributed by atoms with Crippen molar-refractivity contribution in [1.29, 1.82) is 0 Å². The van der Waals surface area contributed by atoms with Crippen molar-refractivity contribution >= 4 is 17.6 Å². The van der Waals surface area contributed by atoms with Crippen LogP contribution < -0.4 is 10.6 Å². The summed E-state index contributed by atoms with van der Waals surface area (Å²) >= 11 is 0. The topological polar surface area (TPSA) is 84.5 Å². The monoisotopic (exact) mass is 340 g/mol. The zero-order valence-corrected chi connectivity index (χ0v) is 15.1. The number of hydrogen-bond donors (Lipinski definition) is 2. The van der Waals surface area contributed by atoms with E-state index in [4.69, 9.17) is 4.74 Å². The molecule has 1 saturated carbocycles. The van der Waals surface area contributed by atoms with Crippen LogP contribution in [0.15, 0.2) is 0 Å². The highest BCUT2D eigenvalue weighted by atomic mass is 16.5. The van der Waals surface area contributed by atoms with E-state index >= 15 is 0 Å². The summed E-state index contributed by atoms with van der Waals surface area (Å²) in [4.78, 5) is 34.6. The third-order valence-corrected chi connectivity index (χ3v) is 4.48. The lowest BCUT2D eigenvalue weighted by Crippen LogP contribution is -2.39. The second kappa shape index (κ2) is 12.0. The fraction of sp³-hybridized carbons (Fsp3) is 0.833. The van der Waals surface area contributed by atoms with E-state index < -0.39 is 0 Å². The van der Waals surface area contributed by atoms with Crippen LogP contribution in [0.5, 0.6) is 0 Å². The zero-order chi connectivity index (χ0) is 17.8. The quantitative estimate of drug-likeness (QED) is 0.563. The van der Waals surface area contributed by atoms with Crippen LogP contribution in [-0.4, -0.2) is 43.4 Å². The minimum Gasteiger partial charge on any atom is -0.381 e. The largest absolute Gasteiger partial charge is 0.381 e. The van der Waals surface area contributed by atoms with Crippen molar-refractivity contribution in [2.24, 2.45) is 5.92 Å². The van der Waals surface area contributed by atoms with Crippen LogP contribution in [0.2, 0.25) is 0 Å². The first-order valence-corrected chi connectivity index (χ1v) is 9.23. The van der Waals surface area contributed by atoms with Gasteiger partial charge in [-0.25, -0.2) is 0 Å². The van der Waals surface area contributed by atoms with Crippen LogP contribution in [-0.2, 0) is 19.1 Å². The molecular weight excluding hydrogens is 308 g/mol. The minimum atomic E-state index is 0.0135. The molecule has 0 aliphatic heterocycles. The molecule has 1 fully saturated rings. The molecule has 1 aliphatic rings. The number of ether oxygens (including phenoxy) is 1. The molecule has 24 heavy (non-hydrogen) atoms. The van der Waals surface area contributed by atoms with Crippen LogP contribution in [0, 0.1) is 5.92 Å². The predicted molar refractivity (Wildman–Crippen MR) is 92.5 cm³/mol. The molecule has 0 spiro atoms. The first-order valence-electron chi connectivity index (χ1n) is 9.23. The summed E-state index contributed by atoms with van der Waals surface area (Å²) in [6, 6.07) is 0.197. The first-order chi connectivity index (χ1) is 11.6. The van der Waals surface area contributed by atoms with Crippen molar-refractivity contribution in [2.75, 3.05) is 19.8 Å². The van der Waals surface area contributed by atoms with Crippen molar-refractivity contribution in [3.8, 4) is 0 Å². The number of nitrogens with one attached hydrogen (secondary N) is 2. The van der Waals surface area contributed by atoms with Gasteiger partial charge >= 0.3 is 0 Å². The van der Waals surface area contributed by atoms with Gasteiger partial charge in [-0.05, 0) is 32.1 Å². The summed E-state index contributed by atoms with van der Waals surface area (Å²) in [6.45, 7) is 5.28. The molecule has 2 N–H and O–H groups in total. The van der Waals surface area contributed by atoms with Gasteiger partial charge in [0, 0.05) is 44.4 Å². The van der Waals surface area contributed by atoms with Crippen molar-refractivity contribution in [2.45, 2.75) is 71.3 Å². The average Bonchev–Trinajstić information content (AvgIpc) is 2.60. The number of Topliss-reactive ketones (excluding diaryl/α,β-unsaturated/α-hetero) is 1. The number of amides is 2. The SMILES string of the molecule is CCC(=O)NCCCOCCC(=O)N[C@H]1CC[C@@H](C(=O)CC)CC1. The number of hydrogen-bond acceptors (Lipinski definition) is 4. The van der Waals surface area contributed by atoms with Gasteiger partial charge in [0.15, 0.2) is 0 Å². The summed E-state index contributed by atoms with van der Waals surface area (Å²) in [7, 11) is 0. The molecule has 1 aliphatic carbocycles.